The number of aryl methyl sites for hydroxylation is 1. The Labute approximate surface area is 113 Å². The molecule has 0 radical (unpaired) electrons. The Hall–Kier alpha value is -1.59. The molecular weight excluding hydrogens is 244 g/mol. The average molecular weight is 264 g/mol. The quantitative estimate of drug-likeness (QED) is 0.773. The Morgan fingerprint density at radius 3 is 3.11 bits per heavy atom. The van der Waals surface area contributed by atoms with Crippen LogP contribution in [0, 0.1) is 0 Å². The molecule has 1 aliphatic heterocycles. The van der Waals surface area contributed by atoms with Crippen LogP contribution in [0.4, 0.5) is 5.69 Å². The van der Waals surface area contributed by atoms with E-state index in [1.165, 1.54) is 0 Å². The summed E-state index contributed by atoms with van der Waals surface area (Å²) < 4.78 is 5.33. The molecular formula is C14H20N2O3. The molecule has 1 amide bonds. The van der Waals surface area contributed by atoms with Gasteiger partial charge in [-0.05, 0) is 24.1 Å². The molecule has 1 aromatic carbocycles. The largest absolute Gasteiger partial charge is 0.399 e. The standard InChI is InChI=1S/C14H20N2O3/c15-12-3-1-2-11(8-12)4-5-14(18)16-6-7-19-13(9-16)10-17/h1-3,8,13,17H,4-7,9-10,15H2. The van der Waals surface area contributed by atoms with E-state index < -0.39 is 0 Å². The zero-order chi connectivity index (χ0) is 13.7. The van der Waals surface area contributed by atoms with Crippen LogP contribution in [-0.4, -0.2) is 48.3 Å². The van der Waals surface area contributed by atoms with Gasteiger partial charge >= 0.3 is 0 Å². The number of hydrogen-bond donors (Lipinski definition) is 2. The number of aliphatic hydroxyl groups excluding tert-OH is 1. The van der Waals surface area contributed by atoms with E-state index in [0.29, 0.717) is 32.5 Å². The van der Waals surface area contributed by atoms with Crippen molar-refractivity contribution < 1.29 is 14.6 Å². The number of nitrogens with two attached hydrogens (primary N) is 1. The van der Waals surface area contributed by atoms with E-state index in [1.807, 2.05) is 24.3 Å². The predicted molar refractivity (Wildman–Crippen MR) is 72.6 cm³/mol. The Bertz CT molecular complexity index is 436. The molecule has 1 heterocycles. The second kappa shape index (κ2) is 6.54. The highest BCUT2D eigenvalue weighted by Gasteiger charge is 2.23. The number of nitrogen functional groups attached to an aromatic ring is 1. The van der Waals surface area contributed by atoms with Crippen molar-refractivity contribution in [2.45, 2.75) is 18.9 Å². The van der Waals surface area contributed by atoms with E-state index in [9.17, 15) is 4.79 Å². The van der Waals surface area contributed by atoms with Crippen molar-refractivity contribution in [2.24, 2.45) is 0 Å². The lowest BCUT2D eigenvalue weighted by atomic mass is 10.1. The molecule has 1 saturated heterocycles. The van der Waals surface area contributed by atoms with Gasteiger partial charge in [0.1, 0.15) is 0 Å². The molecule has 104 valence electrons. The first kappa shape index (κ1) is 13.8. The van der Waals surface area contributed by atoms with Gasteiger partial charge in [0, 0.05) is 25.2 Å². The first-order chi connectivity index (χ1) is 9.19. The number of rotatable bonds is 4. The number of anilines is 1. The summed E-state index contributed by atoms with van der Waals surface area (Å²) in [7, 11) is 0. The third-order valence-electron chi connectivity index (χ3n) is 3.27. The lowest BCUT2D eigenvalue weighted by Crippen LogP contribution is -2.46. The van der Waals surface area contributed by atoms with Gasteiger partial charge in [0.05, 0.1) is 19.3 Å². The molecule has 1 aromatic rings. The Kier molecular flexibility index (Phi) is 4.76. The van der Waals surface area contributed by atoms with Gasteiger partial charge in [-0.3, -0.25) is 4.79 Å². The van der Waals surface area contributed by atoms with Crippen molar-refractivity contribution in [1.82, 2.24) is 4.90 Å². The molecule has 5 nitrogen and oxygen atoms in total. The summed E-state index contributed by atoms with van der Waals surface area (Å²) >= 11 is 0. The third kappa shape index (κ3) is 3.94. The zero-order valence-electron chi connectivity index (χ0n) is 10.9. The van der Waals surface area contributed by atoms with Gasteiger partial charge in [-0.1, -0.05) is 12.1 Å². The number of aliphatic hydroxyl groups is 1. The van der Waals surface area contributed by atoms with Crippen LogP contribution < -0.4 is 5.73 Å². The Balaban J connectivity index is 1.84. The zero-order valence-corrected chi connectivity index (χ0v) is 10.9. The van der Waals surface area contributed by atoms with Gasteiger partial charge in [-0.2, -0.15) is 0 Å². The smallest absolute Gasteiger partial charge is 0.223 e. The van der Waals surface area contributed by atoms with Gasteiger partial charge in [0.15, 0.2) is 0 Å². The number of benzene rings is 1. The molecule has 0 bridgehead atoms. The number of carbonyl (C=O) groups is 1. The van der Waals surface area contributed by atoms with Crippen LogP contribution in [0.5, 0.6) is 0 Å². The SMILES string of the molecule is Nc1cccc(CCC(=O)N2CCOC(CO)C2)c1. The second-order valence-electron chi connectivity index (χ2n) is 4.76. The van der Waals surface area contributed by atoms with Crippen molar-refractivity contribution in [2.75, 3.05) is 32.0 Å². The van der Waals surface area contributed by atoms with E-state index in [0.717, 1.165) is 11.3 Å². The van der Waals surface area contributed by atoms with Gasteiger partial charge in [-0.15, -0.1) is 0 Å². The summed E-state index contributed by atoms with van der Waals surface area (Å²) in [5.41, 5.74) is 7.49. The molecule has 0 spiro atoms. The van der Waals surface area contributed by atoms with Crippen LogP contribution in [0.15, 0.2) is 24.3 Å². The minimum Gasteiger partial charge on any atom is -0.399 e. The van der Waals surface area contributed by atoms with Crippen molar-refractivity contribution in [3.05, 3.63) is 29.8 Å². The summed E-state index contributed by atoms with van der Waals surface area (Å²) in [6.07, 6.45) is 0.900. The first-order valence-electron chi connectivity index (χ1n) is 6.53. The third-order valence-corrected chi connectivity index (χ3v) is 3.27. The van der Waals surface area contributed by atoms with E-state index >= 15 is 0 Å². The summed E-state index contributed by atoms with van der Waals surface area (Å²) in [4.78, 5) is 13.8. The maximum Gasteiger partial charge on any atom is 0.223 e. The number of amides is 1. The minimum absolute atomic E-state index is 0.0427. The number of ether oxygens (including phenoxy) is 1. The van der Waals surface area contributed by atoms with Crippen LogP contribution in [0.25, 0.3) is 0 Å². The van der Waals surface area contributed by atoms with Crippen LogP contribution in [0.2, 0.25) is 0 Å². The Morgan fingerprint density at radius 2 is 2.37 bits per heavy atom. The van der Waals surface area contributed by atoms with E-state index in [-0.39, 0.29) is 18.6 Å². The van der Waals surface area contributed by atoms with Crippen molar-refractivity contribution in [3.63, 3.8) is 0 Å². The Morgan fingerprint density at radius 1 is 1.53 bits per heavy atom. The summed E-state index contributed by atoms with van der Waals surface area (Å²) in [6, 6.07) is 7.59. The summed E-state index contributed by atoms with van der Waals surface area (Å²) in [6.45, 7) is 1.53. The summed E-state index contributed by atoms with van der Waals surface area (Å²) in [5, 5.41) is 9.05. The highest BCUT2D eigenvalue weighted by molar-refractivity contribution is 5.76. The van der Waals surface area contributed by atoms with Crippen LogP contribution in [0.3, 0.4) is 0 Å². The lowest BCUT2D eigenvalue weighted by molar-refractivity contribution is -0.140. The maximum atomic E-state index is 12.1. The summed E-state index contributed by atoms with van der Waals surface area (Å²) in [5.74, 6) is 0.101. The molecule has 1 aliphatic rings. The van der Waals surface area contributed by atoms with Gasteiger partial charge in [0.25, 0.3) is 0 Å². The molecule has 5 heteroatoms. The van der Waals surface area contributed by atoms with Crippen LogP contribution in [-0.2, 0) is 16.0 Å². The van der Waals surface area contributed by atoms with Crippen molar-refractivity contribution >= 4 is 11.6 Å². The average Bonchev–Trinajstić information content (AvgIpc) is 2.45. The van der Waals surface area contributed by atoms with Crippen molar-refractivity contribution in [1.29, 1.82) is 0 Å². The lowest BCUT2D eigenvalue weighted by Gasteiger charge is -2.32. The maximum absolute atomic E-state index is 12.1. The van der Waals surface area contributed by atoms with E-state index in [2.05, 4.69) is 0 Å². The molecule has 1 fully saturated rings. The van der Waals surface area contributed by atoms with E-state index in [4.69, 9.17) is 15.6 Å². The second-order valence-corrected chi connectivity index (χ2v) is 4.76. The van der Waals surface area contributed by atoms with Gasteiger partial charge < -0.3 is 20.5 Å². The van der Waals surface area contributed by atoms with Crippen molar-refractivity contribution in [3.8, 4) is 0 Å². The topological polar surface area (TPSA) is 75.8 Å². The molecule has 1 atom stereocenters. The number of hydrogen-bond acceptors (Lipinski definition) is 4. The van der Waals surface area contributed by atoms with Gasteiger partial charge in [0.2, 0.25) is 5.91 Å². The molecule has 0 aromatic heterocycles. The minimum atomic E-state index is -0.245. The number of nitrogens with zero attached hydrogens (tertiary/aromatic N) is 1. The highest BCUT2D eigenvalue weighted by atomic mass is 16.5. The molecule has 2 rings (SSSR count). The number of carbonyl (C=O) groups excluding carboxylic acids is 1. The normalized spacial score (nSPS) is 19.4. The van der Waals surface area contributed by atoms with Gasteiger partial charge in [-0.25, -0.2) is 0 Å². The van der Waals surface area contributed by atoms with E-state index in [1.54, 1.807) is 4.90 Å². The monoisotopic (exact) mass is 264 g/mol. The fourth-order valence-electron chi connectivity index (χ4n) is 2.21. The first-order valence-corrected chi connectivity index (χ1v) is 6.53. The molecule has 1 unspecified atom stereocenters. The molecule has 0 saturated carbocycles. The van der Waals surface area contributed by atoms with Crippen LogP contribution in [0.1, 0.15) is 12.0 Å². The number of morpholine rings is 1. The fraction of sp³-hybridized carbons (Fsp3) is 0.500. The van der Waals surface area contributed by atoms with Crippen LogP contribution >= 0.6 is 0 Å². The highest BCUT2D eigenvalue weighted by Crippen LogP contribution is 2.11. The fourth-order valence-corrected chi connectivity index (χ4v) is 2.21. The molecule has 3 N–H and O–H groups in total. The molecule has 0 aliphatic carbocycles. The molecule has 19 heavy (non-hydrogen) atoms. The predicted octanol–water partition coefficient (Wildman–Crippen LogP) is 0.421.